The van der Waals surface area contributed by atoms with Crippen LogP contribution in [0.3, 0.4) is 0 Å². The summed E-state index contributed by atoms with van der Waals surface area (Å²) in [6.07, 6.45) is 0. The number of rotatable bonds is 3. The molecule has 0 aliphatic carbocycles. The zero-order valence-corrected chi connectivity index (χ0v) is 12.6. The molecule has 1 aromatic carbocycles. The van der Waals surface area contributed by atoms with Crippen LogP contribution in [-0.2, 0) is 12.0 Å². The maximum absolute atomic E-state index is 9.84. The lowest BCUT2D eigenvalue weighted by Crippen LogP contribution is -2.15. The summed E-state index contributed by atoms with van der Waals surface area (Å²) in [6.45, 7) is 9.01. The van der Waals surface area contributed by atoms with Gasteiger partial charge in [0, 0.05) is 11.4 Å². The van der Waals surface area contributed by atoms with Crippen LogP contribution in [0.1, 0.15) is 37.7 Å². The smallest absolute Gasteiger partial charge is 0.138 e. The number of nitrogens with zero attached hydrogens (tertiary/aromatic N) is 1. The van der Waals surface area contributed by atoms with Crippen molar-refractivity contribution in [3.63, 3.8) is 0 Å². The van der Waals surface area contributed by atoms with Gasteiger partial charge in [0.2, 0.25) is 0 Å². The summed E-state index contributed by atoms with van der Waals surface area (Å²) in [6, 6.07) is 11.8. The average molecular weight is 270 g/mol. The minimum atomic E-state index is 0.0751. The number of aromatic nitrogens is 1. The third kappa shape index (κ3) is 3.29. The van der Waals surface area contributed by atoms with Crippen LogP contribution in [0.25, 0.3) is 0 Å². The maximum Gasteiger partial charge on any atom is 0.138 e. The van der Waals surface area contributed by atoms with E-state index in [1.807, 2.05) is 25.1 Å². The first-order valence-corrected chi connectivity index (χ1v) is 6.87. The van der Waals surface area contributed by atoms with E-state index in [0.29, 0.717) is 12.2 Å². The quantitative estimate of drug-likeness (QED) is 0.886. The number of aryl methyl sites for hydroxylation is 1. The van der Waals surface area contributed by atoms with Crippen LogP contribution in [-0.4, -0.2) is 10.1 Å². The summed E-state index contributed by atoms with van der Waals surface area (Å²) in [7, 11) is 0. The Labute approximate surface area is 120 Å². The Hall–Kier alpha value is -2.03. The molecule has 0 spiro atoms. The molecule has 3 nitrogen and oxygen atoms in total. The predicted molar refractivity (Wildman–Crippen MR) is 83.1 cm³/mol. The zero-order chi connectivity index (χ0) is 14.8. The number of para-hydroxylation sites is 1. The standard InChI is InChI=1S/C17H22N2O/c1-12-9-10-16(20)15(19-12)11-18-14-8-6-5-7-13(14)17(2,3)4/h5-10,18,20H,11H2,1-4H3. The van der Waals surface area contributed by atoms with Gasteiger partial charge in [0.15, 0.2) is 0 Å². The van der Waals surface area contributed by atoms with Gasteiger partial charge in [0.25, 0.3) is 0 Å². The molecule has 0 radical (unpaired) electrons. The Morgan fingerprint density at radius 3 is 2.50 bits per heavy atom. The van der Waals surface area contributed by atoms with Crippen molar-refractivity contribution in [2.45, 2.75) is 39.7 Å². The fourth-order valence-electron chi connectivity index (χ4n) is 2.20. The van der Waals surface area contributed by atoms with Crippen molar-refractivity contribution in [1.29, 1.82) is 0 Å². The molecule has 1 aromatic heterocycles. The number of anilines is 1. The Bertz CT molecular complexity index is 600. The third-order valence-electron chi connectivity index (χ3n) is 3.27. The van der Waals surface area contributed by atoms with Gasteiger partial charge in [-0.15, -0.1) is 0 Å². The second-order valence-electron chi connectivity index (χ2n) is 6.07. The van der Waals surface area contributed by atoms with E-state index in [-0.39, 0.29) is 11.2 Å². The number of nitrogens with one attached hydrogen (secondary N) is 1. The fraction of sp³-hybridized carbons (Fsp3) is 0.353. The predicted octanol–water partition coefficient (Wildman–Crippen LogP) is 4.01. The molecule has 3 heteroatoms. The van der Waals surface area contributed by atoms with Crippen LogP contribution in [0.5, 0.6) is 5.75 Å². The highest BCUT2D eigenvalue weighted by atomic mass is 16.3. The minimum absolute atomic E-state index is 0.0751. The first kappa shape index (κ1) is 14.4. The summed E-state index contributed by atoms with van der Waals surface area (Å²) < 4.78 is 0. The summed E-state index contributed by atoms with van der Waals surface area (Å²) in [5, 5.41) is 13.2. The summed E-state index contributed by atoms with van der Waals surface area (Å²) in [4.78, 5) is 4.37. The average Bonchev–Trinajstić information content (AvgIpc) is 2.39. The summed E-state index contributed by atoms with van der Waals surface area (Å²) >= 11 is 0. The molecule has 0 atom stereocenters. The van der Waals surface area contributed by atoms with Crippen LogP contribution in [0.4, 0.5) is 5.69 Å². The largest absolute Gasteiger partial charge is 0.506 e. The first-order valence-electron chi connectivity index (χ1n) is 6.87. The Morgan fingerprint density at radius 1 is 1.10 bits per heavy atom. The van der Waals surface area contributed by atoms with Gasteiger partial charge in [-0.3, -0.25) is 4.98 Å². The normalized spacial score (nSPS) is 11.4. The lowest BCUT2D eigenvalue weighted by atomic mass is 9.86. The number of benzene rings is 1. The van der Waals surface area contributed by atoms with Gasteiger partial charge in [0.05, 0.1) is 6.54 Å². The van der Waals surface area contributed by atoms with Crippen LogP contribution >= 0.6 is 0 Å². The fourth-order valence-corrected chi connectivity index (χ4v) is 2.20. The molecular weight excluding hydrogens is 248 g/mol. The molecule has 0 amide bonds. The van der Waals surface area contributed by atoms with E-state index in [4.69, 9.17) is 0 Å². The number of pyridine rings is 1. The van der Waals surface area contributed by atoms with Gasteiger partial charge in [-0.05, 0) is 36.1 Å². The summed E-state index contributed by atoms with van der Waals surface area (Å²) in [5.74, 6) is 0.233. The number of hydrogen-bond donors (Lipinski definition) is 2. The molecule has 2 aromatic rings. The lowest BCUT2D eigenvalue weighted by molar-refractivity contribution is 0.464. The van der Waals surface area contributed by atoms with E-state index in [1.54, 1.807) is 6.07 Å². The minimum Gasteiger partial charge on any atom is -0.506 e. The van der Waals surface area contributed by atoms with Gasteiger partial charge in [-0.25, -0.2) is 0 Å². The van der Waals surface area contributed by atoms with Crippen LogP contribution < -0.4 is 5.32 Å². The number of aromatic hydroxyl groups is 1. The van der Waals surface area contributed by atoms with Crippen molar-refractivity contribution in [1.82, 2.24) is 4.98 Å². The van der Waals surface area contributed by atoms with E-state index in [9.17, 15) is 5.11 Å². The molecule has 0 saturated carbocycles. The van der Waals surface area contributed by atoms with Crippen molar-refractivity contribution < 1.29 is 5.11 Å². The number of hydrogen-bond acceptors (Lipinski definition) is 3. The molecule has 1 heterocycles. The maximum atomic E-state index is 9.84. The van der Waals surface area contributed by atoms with Crippen molar-refractivity contribution in [2.24, 2.45) is 0 Å². The van der Waals surface area contributed by atoms with Gasteiger partial charge in [-0.1, -0.05) is 39.0 Å². The van der Waals surface area contributed by atoms with E-state index >= 15 is 0 Å². The second-order valence-corrected chi connectivity index (χ2v) is 6.07. The molecular formula is C17H22N2O. The molecule has 106 valence electrons. The Morgan fingerprint density at radius 2 is 1.80 bits per heavy atom. The zero-order valence-electron chi connectivity index (χ0n) is 12.6. The van der Waals surface area contributed by atoms with E-state index in [2.05, 4.69) is 43.2 Å². The highest BCUT2D eigenvalue weighted by Crippen LogP contribution is 2.29. The molecule has 2 N–H and O–H groups in total. The molecule has 0 saturated heterocycles. The molecule has 0 bridgehead atoms. The van der Waals surface area contributed by atoms with Crippen molar-refractivity contribution in [3.8, 4) is 5.75 Å². The Kier molecular flexibility index (Phi) is 3.98. The van der Waals surface area contributed by atoms with Crippen molar-refractivity contribution in [2.75, 3.05) is 5.32 Å². The van der Waals surface area contributed by atoms with Gasteiger partial charge in [-0.2, -0.15) is 0 Å². The topological polar surface area (TPSA) is 45.1 Å². The summed E-state index contributed by atoms with van der Waals surface area (Å²) in [5.41, 5.74) is 4.00. The third-order valence-corrected chi connectivity index (χ3v) is 3.27. The van der Waals surface area contributed by atoms with Gasteiger partial charge in [0.1, 0.15) is 11.4 Å². The first-order chi connectivity index (χ1) is 9.38. The molecule has 0 unspecified atom stereocenters. The van der Waals surface area contributed by atoms with Crippen molar-refractivity contribution in [3.05, 3.63) is 53.3 Å². The highest BCUT2D eigenvalue weighted by Gasteiger charge is 2.17. The van der Waals surface area contributed by atoms with E-state index in [0.717, 1.165) is 11.4 Å². The lowest BCUT2D eigenvalue weighted by Gasteiger charge is -2.23. The van der Waals surface area contributed by atoms with E-state index < -0.39 is 0 Å². The second kappa shape index (κ2) is 5.53. The van der Waals surface area contributed by atoms with Crippen LogP contribution in [0.2, 0.25) is 0 Å². The van der Waals surface area contributed by atoms with Crippen molar-refractivity contribution >= 4 is 5.69 Å². The molecule has 0 aliphatic heterocycles. The highest BCUT2D eigenvalue weighted by molar-refractivity contribution is 5.54. The monoisotopic (exact) mass is 270 g/mol. The molecule has 20 heavy (non-hydrogen) atoms. The Balaban J connectivity index is 2.21. The van der Waals surface area contributed by atoms with Gasteiger partial charge >= 0.3 is 0 Å². The van der Waals surface area contributed by atoms with Crippen LogP contribution in [0.15, 0.2) is 36.4 Å². The SMILES string of the molecule is Cc1ccc(O)c(CNc2ccccc2C(C)(C)C)n1. The van der Waals surface area contributed by atoms with Crippen LogP contribution in [0, 0.1) is 6.92 Å². The molecule has 2 rings (SSSR count). The molecule has 0 fully saturated rings. The molecule has 0 aliphatic rings. The van der Waals surface area contributed by atoms with E-state index in [1.165, 1.54) is 5.56 Å². The van der Waals surface area contributed by atoms with Gasteiger partial charge < -0.3 is 10.4 Å².